The van der Waals surface area contributed by atoms with Crippen molar-refractivity contribution in [3.8, 4) is 5.75 Å². The lowest BCUT2D eigenvalue weighted by Crippen LogP contribution is -2.44. The molecular weight excluding hydrogens is 264 g/mol. The molecular formula is C17H26N2O2. The first-order chi connectivity index (χ1) is 9.96. The topological polar surface area (TPSA) is 41.6 Å². The van der Waals surface area contributed by atoms with E-state index in [-0.39, 0.29) is 18.1 Å². The maximum Gasteiger partial charge on any atom is 0.244 e. The summed E-state index contributed by atoms with van der Waals surface area (Å²) >= 11 is 0. The first-order valence-electron chi connectivity index (χ1n) is 7.71. The Morgan fingerprint density at radius 1 is 1.33 bits per heavy atom. The van der Waals surface area contributed by atoms with Gasteiger partial charge in [0.05, 0.1) is 12.6 Å². The van der Waals surface area contributed by atoms with Crippen LogP contribution in [0, 0.1) is 0 Å². The summed E-state index contributed by atoms with van der Waals surface area (Å²) in [4.78, 5) is 14.8. The molecule has 1 fully saturated rings. The molecule has 0 radical (unpaired) electrons. The van der Waals surface area contributed by atoms with Crippen LogP contribution in [0.25, 0.3) is 0 Å². The molecule has 0 aromatic heterocycles. The average Bonchev–Trinajstić information content (AvgIpc) is 2.79. The van der Waals surface area contributed by atoms with Crippen molar-refractivity contribution in [3.05, 3.63) is 29.8 Å². The van der Waals surface area contributed by atoms with Gasteiger partial charge >= 0.3 is 0 Å². The predicted molar refractivity (Wildman–Crippen MR) is 84.2 cm³/mol. The number of carbonyl (C=O) groups excluding carboxylic acids is 1. The molecule has 0 spiro atoms. The Balaban J connectivity index is 2.36. The van der Waals surface area contributed by atoms with E-state index in [1.165, 1.54) is 0 Å². The van der Waals surface area contributed by atoms with E-state index in [2.05, 4.69) is 26.1 Å². The third-order valence-electron chi connectivity index (χ3n) is 4.64. The fraction of sp³-hybridized carbons (Fsp3) is 0.588. The van der Waals surface area contributed by atoms with Gasteiger partial charge in [-0.05, 0) is 44.4 Å². The predicted octanol–water partition coefficient (Wildman–Crippen LogP) is 3.09. The largest absolute Gasteiger partial charge is 0.497 e. The molecule has 0 aliphatic carbocycles. The van der Waals surface area contributed by atoms with E-state index >= 15 is 0 Å². The van der Waals surface area contributed by atoms with Gasteiger partial charge in [0.25, 0.3) is 0 Å². The van der Waals surface area contributed by atoms with Crippen LogP contribution < -0.4 is 10.1 Å². The van der Waals surface area contributed by atoms with Crippen molar-refractivity contribution in [2.45, 2.75) is 58.3 Å². The second-order valence-electron chi connectivity index (χ2n) is 5.98. The monoisotopic (exact) mass is 290 g/mol. The highest BCUT2D eigenvalue weighted by atomic mass is 16.5. The molecule has 1 N–H and O–H groups in total. The Morgan fingerprint density at radius 2 is 1.95 bits per heavy atom. The molecule has 1 aromatic rings. The van der Waals surface area contributed by atoms with Crippen LogP contribution in [0.2, 0.25) is 0 Å². The van der Waals surface area contributed by atoms with Crippen LogP contribution in [0.5, 0.6) is 5.75 Å². The molecule has 3 atom stereocenters. The smallest absolute Gasteiger partial charge is 0.244 e. The van der Waals surface area contributed by atoms with E-state index in [1.807, 2.05) is 36.1 Å². The van der Waals surface area contributed by atoms with Crippen molar-refractivity contribution in [1.82, 2.24) is 10.2 Å². The number of methoxy groups -OCH3 is 1. The van der Waals surface area contributed by atoms with Gasteiger partial charge in [0, 0.05) is 6.04 Å². The zero-order valence-corrected chi connectivity index (χ0v) is 13.6. The van der Waals surface area contributed by atoms with Gasteiger partial charge in [0.2, 0.25) is 5.91 Å². The summed E-state index contributed by atoms with van der Waals surface area (Å²) in [6.45, 7) is 8.27. The van der Waals surface area contributed by atoms with Crippen molar-refractivity contribution < 1.29 is 9.53 Å². The molecule has 4 heteroatoms. The number of hydrogen-bond donors (Lipinski definition) is 1. The second-order valence-corrected chi connectivity index (χ2v) is 5.98. The minimum atomic E-state index is -0.478. The summed E-state index contributed by atoms with van der Waals surface area (Å²) < 4.78 is 5.21. The number of nitrogens with zero attached hydrogens (tertiary/aromatic N) is 1. The van der Waals surface area contributed by atoms with Crippen LogP contribution in [0.3, 0.4) is 0 Å². The highest BCUT2D eigenvalue weighted by molar-refractivity contribution is 5.88. The van der Waals surface area contributed by atoms with E-state index in [0.717, 1.165) is 24.2 Å². The summed E-state index contributed by atoms with van der Waals surface area (Å²) in [7, 11) is 1.66. The first-order valence-corrected chi connectivity index (χ1v) is 7.71. The Morgan fingerprint density at radius 3 is 2.43 bits per heavy atom. The number of hydrogen-bond acceptors (Lipinski definition) is 3. The van der Waals surface area contributed by atoms with E-state index < -0.39 is 5.54 Å². The number of ether oxygens (including phenoxy) is 1. The summed E-state index contributed by atoms with van der Waals surface area (Å²) in [5, 5.41) is 3.52. The van der Waals surface area contributed by atoms with E-state index in [0.29, 0.717) is 0 Å². The Bertz CT molecular complexity index is 500. The molecule has 1 heterocycles. The molecule has 0 bridgehead atoms. The van der Waals surface area contributed by atoms with Gasteiger partial charge in [-0.25, -0.2) is 0 Å². The fourth-order valence-electron chi connectivity index (χ4n) is 2.77. The van der Waals surface area contributed by atoms with Crippen molar-refractivity contribution in [2.24, 2.45) is 0 Å². The minimum absolute atomic E-state index is 0.0664. The van der Waals surface area contributed by atoms with Crippen molar-refractivity contribution in [2.75, 3.05) is 7.11 Å². The fourth-order valence-corrected chi connectivity index (χ4v) is 2.77. The summed E-state index contributed by atoms with van der Waals surface area (Å²) in [6.07, 6.45) is 1.66. The quantitative estimate of drug-likeness (QED) is 0.906. The minimum Gasteiger partial charge on any atom is -0.497 e. The van der Waals surface area contributed by atoms with E-state index in [9.17, 15) is 4.79 Å². The highest BCUT2D eigenvalue weighted by Gasteiger charge is 2.48. The Kier molecular flexibility index (Phi) is 4.57. The average molecular weight is 290 g/mol. The molecule has 1 saturated heterocycles. The maximum atomic E-state index is 12.8. The number of nitrogens with one attached hydrogen (secondary N) is 1. The molecule has 1 aromatic carbocycles. The Labute approximate surface area is 127 Å². The van der Waals surface area contributed by atoms with Gasteiger partial charge in [0.15, 0.2) is 0 Å². The third-order valence-corrected chi connectivity index (χ3v) is 4.64. The van der Waals surface area contributed by atoms with Gasteiger partial charge in [-0.2, -0.15) is 0 Å². The number of carbonyl (C=O) groups is 1. The van der Waals surface area contributed by atoms with Gasteiger partial charge in [0.1, 0.15) is 11.9 Å². The van der Waals surface area contributed by atoms with Gasteiger partial charge < -0.3 is 9.64 Å². The lowest BCUT2D eigenvalue weighted by atomic mass is 9.99. The number of amides is 1. The lowest BCUT2D eigenvalue weighted by molar-refractivity contribution is -0.135. The van der Waals surface area contributed by atoms with Gasteiger partial charge in [-0.15, -0.1) is 0 Å². The standard InChI is InChI=1S/C17H26N2O2/c1-6-12(3)19-15(18-17(4,7-2)16(19)20)13-8-10-14(21-5)11-9-13/h8-12,15,18H,6-7H2,1-5H3. The molecule has 0 saturated carbocycles. The molecule has 21 heavy (non-hydrogen) atoms. The first kappa shape index (κ1) is 15.8. The number of benzene rings is 1. The molecule has 3 unspecified atom stereocenters. The molecule has 1 aliphatic rings. The maximum absolute atomic E-state index is 12.8. The van der Waals surface area contributed by atoms with Gasteiger partial charge in [-0.3, -0.25) is 10.1 Å². The van der Waals surface area contributed by atoms with Crippen LogP contribution in [-0.2, 0) is 4.79 Å². The van der Waals surface area contributed by atoms with Crippen LogP contribution in [0.15, 0.2) is 24.3 Å². The van der Waals surface area contributed by atoms with Crippen LogP contribution >= 0.6 is 0 Å². The van der Waals surface area contributed by atoms with Gasteiger partial charge in [-0.1, -0.05) is 26.0 Å². The van der Waals surface area contributed by atoms with Crippen LogP contribution in [0.4, 0.5) is 0 Å². The second kappa shape index (κ2) is 6.06. The Hall–Kier alpha value is -1.55. The summed E-state index contributed by atoms with van der Waals surface area (Å²) in [5.74, 6) is 1.02. The van der Waals surface area contributed by atoms with E-state index in [4.69, 9.17) is 4.74 Å². The van der Waals surface area contributed by atoms with E-state index in [1.54, 1.807) is 7.11 Å². The highest BCUT2D eigenvalue weighted by Crippen LogP contribution is 2.35. The SMILES string of the molecule is CCC(C)N1C(=O)C(C)(CC)NC1c1ccc(OC)cc1. The molecule has 4 nitrogen and oxygen atoms in total. The molecule has 1 aliphatic heterocycles. The van der Waals surface area contributed by atoms with Crippen molar-refractivity contribution in [1.29, 1.82) is 0 Å². The zero-order valence-electron chi connectivity index (χ0n) is 13.6. The molecule has 116 valence electrons. The number of rotatable bonds is 5. The molecule has 2 rings (SSSR count). The van der Waals surface area contributed by atoms with Crippen LogP contribution in [-0.4, -0.2) is 29.5 Å². The zero-order chi connectivity index (χ0) is 15.6. The third kappa shape index (κ3) is 2.77. The molecule has 1 amide bonds. The lowest BCUT2D eigenvalue weighted by Gasteiger charge is -2.30. The van der Waals surface area contributed by atoms with Crippen molar-refractivity contribution in [3.63, 3.8) is 0 Å². The summed E-state index contributed by atoms with van der Waals surface area (Å²) in [5.41, 5.74) is 0.621. The summed E-state index contributed by atoms with van der Waals surface area (Å²) in [6, 6.07) is 8.15. The van der Waals surface area contributed by atoms with Crippen LogP contribution in [0.1, 0.15) is 52.3 Å². The normalized spacial score (nSPS) is 27.0. The van der Waals surface area contributed by atoms with Crippen molar-refractivity contribution >= 4 is 5.91 Å².